The van der Waals surface area contributed by atoms with Crippen molar-refractivity contribution in [2.24, 2.45) is 5.73 Å². The van der Waals surface area contributed by atoms with E-state index in [2.05, 4.69) is 9.69 Å². The van der Waals surface area contributed by atoms with Gasteiger partial charge in [-0.15, -0.1) is 0 Å². The first-order valence-electron chi connectivity index (χ1n) is 9.77. The maximum absolute atomic E-state index is 13.5. The second-order valence-corrected chi connectivity index (χ2v) is 7.98. The minimum Gasteiger partial charge on any atom is -0.395 e. The fourth-order valence-corrected chi connectivity index (χ4v) is 4.37. The summed E-state index contributed by atoms with van der Waals surface area (Å²) < 4.78 is 17.4. The smallest absolute Gasteiger partial charge is 0.272 e. The molecule has 30 heavy (non-hydrogen) atoms. The molecule has 0 bridgehead atoms. The van der Waals surface area contributed by atoms with Crippen LogP contribution in [-0.2, 0) is 4.79 Å². The van der Waals surface area contributed by atoms with Gasteiger partial charge in [-0.1, -0.05) is 19.8 Å². The van der Waals surface area contributed by atoms with Crippen molar-refractivity contribution >= 4 is 40.6 Å². The van der Waals surface area contributed by atoms with Crippen LogP contribution in [0.4, 0.5) is 15.8 Å². The van der Waals surface area contributed by atoms with Gasteiger partial charge in [-0.25, -0.2) is 4.39 Å². The Bertz CT molecular complexity index is 940. The predicted octanol–water partition coefficient (Wildman–Crippen LogP) is 2.45. The van der Waals surface area contributed by atoms with Gasteiger partial charge in [-0.2, -0.15) is 4.37 Å². The number of anilines is 2. The van der Waals surface area contributed by atoms with Crippen molar-refractivity contribution in [3.8, 4) is 0 Å². The Morgan fingerprint density at radius 2 is 1.90 bits per heavy atom. The highest BCUT2D eigenvalue weighted by atomic mass is 32.1. The van der Waals surface area contributed by atoms with E-state index in [1.54, 1.807) is 6.92 Å². The number of hydrogen-bond donors (Lipinski definition) is 3. The molecule has 1 atom stereocenters. The van der Waals surface area contributed by atoms with Crippen LogP contribution in [0.15, 0.2) is 24.3 Å². The lowest BCUT2D eigenvalue weighted by molar-refractivity contribution is -0.123. The fourth-order valence-electron chi connectivity index (χ4n) is 3.63. The van der Waals surface area contributed by atoms with E-state index in [9.17, 15) is 18.8 Å². The van der Waals surface area contributed by atoms with Crippen LogP contribution >= 0.6 is 11.5 Å². The third-order valence-electron chi connectivity index (χ3n) is 5.18. The number of amides is 3. The molecule has 1 aliphatic rings. The monoisotopic (exact) mass is 433 g/mol. The first kappa shape index (κ1) is 21.7. The van der Waals surface area contributed by atoms with E-state index >= 15 is 0 Å². The van der Waals surface area contributed by atoms with E-state index < -0.39 is 23.7 Å². The molecule has 160 valence electrons. The van der Waals surface area contributed by atoms with Gasteiger partial charge in [0, 0.05) is 11.7 Å². The number of halogens is 1. The molecule has 0 radical (unpaired) electrons. The van der Waals surface area contributed by atoms with Crippen LogP contribution in [0.2, 0.25) is 0 Å². The van der Waals surface area contributed by atoms with Gasteiger partial charge >= 0.3 is 0 Å². The van der Waals surface area contributed by atoms with Crippen LogP contribution in [-0.4, -0.2) is 34.2 Å². The van der Waals surface area contributed by atoms with Crippen LogP contribution in [0, 0.1) is 5.82 Å². The van der Waals surface area contributed by atoms with Crippen molar-refractivity contribution in [2.75, 3.05) is 10.6 Å². The number of nitrogen functional groups attached to an aromatic ring is 1. The predicted molar refractivity (Wildman–Crippen MR) is 113 cm³/mol. The number of primary amides is 1. The molecule has 0 aliphatic heterocycles. The van der Waals surface area contributed by atoms with Crippen molar-refractivity contribution in [3.63, 3.8) is 0 Å². The Morgan fingerprint density at radius 1 is 1.27 bits per heavy atom. The van der Waals surface area contributed by atoms with Gasteiger partial charge < -0.3 is 16.8 Å². The van der Waals surface area contributed by atoms with Gasteiger partial charge in [0.15, 0.2) is 5.69 Å². The molecule has 1 saturated carbocycles. The summed E-state index contributed by atoms with van der Waals surface area (Å²) in [6.45, 7) is 1.79. The summed E-state index contributed by atoms with van der Waals surface area (Å²) in [7, 11) is 0. The van der Waals surface area contributed by atoms with E-state index in [0.29, 0.717) is 12.1 Å². The summed E-state index contributed by atoms with van der Waals surface area (Å²) >= 11 is 0.738. The Hall–Kier alpha value is -3.01. The molecule has 2 aromatic rings. The molecular weight excluding hydrogens is 409 g/mol. The molecular formula is C20H24FN5O3S. The molecule has 3 amide bonds. The van der Waals surface area contributed by atoms with Crippen molar-refractivity contribution in [2.45, 2.75) is 51.1 Å². The lowest BCUT2D eigenvalue weighted by Gasteiger charge is -2.31. The molecule has 0 unspecified atom stereocenters. The number of carbonyl (C=O) groups is 3. The second-order valence-electron chi connectivity index (χ2n) is 7.20. The molecule has 10 heteroatoms. The van der Waals surface area contributed by atoms with Crippen LogP contribution in [0.1, 0.15) is 59.2 Å². The maximum atomic E-state index is 13.5. The first-order chi connectivity index (χ1) is 14.3. The van der Waals surface area contributed by atoms with E-state index in [1.165, 1.54) is 29.2 Å². The molecule has 0 saturated heterocycles. The molecule has 1 heterocycles. The number of hydrogen-bond acceptors (Lipinski definition) is 6. The Morgan fingerprint density at radius 3 is 2.43 bits per heavy atom. The lowest BCUT2D eigenvalue weighted by atomic mass is 10.1. The highest BCUT2D eigenvalue weighted by molar-refractivity contribution is 7.09. The number of nitrogens with one attached hydrogen (secondary N) is 1. The zero-order valence-corrected chi connectivity index (χ0v) is 17.4. The second kappa shape index (κ2) is 9.21. The average molecular weight is 434 g/mol. The number of carbonyl (C=O) groups excluding carboxylic acids is 3. The summed E-state index contributed by atoms with van der Waals surface area (Å²) in [6, 6.07) is 4.49. The Balaban J connectivity index is 1.98. The molecule has 1 aliphatic carbocycles. The standard InChI is InChI=1S/C20H24FN5O3S/c1-2-14(19(28)24-12-5-3-4-6-12)26(13-9-7-11(21)8-10-13)20(29)17-15(22)16(18(23)27)25-30-17/h7-10,12,14H,2-6,22H2,1H3,(H2,23,27)(H,24,28)/t14-/m0/s1. The van der Waals surface area contributed by atoms with Gasteiger partial charge in [-0.05, 0) is 55.1 Å². The summed E-state index contributed by atoms with van der Waals surface area (Å²) in [6.07, 6.45) is 4.22. The van der Waals surface area contributed by atoms with Crippen LogP contribution < -0.4 is 21.7 Å². The molecule has 1 aromatic heterocycles. The summed E-state index contributed by atoms with van der Waals surface area (Å²) in [5, 5.41) is 3.01. The third kappa shape index (κ3) is 4.43. The molecule has 8 nitrogen and oxygen atoms in total. The van der Waals surface area contributed by atoms with Crippen molar-refractivity contribution in [1.29, 1.82) is 0 Å². The van der Waals surface area contributed by atoms with Gasteiger partial charge in [-0.3, -0.25) is 19.3 Å². The van der Waals surface area contributed by atoms with E-state index in [1.807, 2.05) is 0 Å². The number of nitrogens with two attached hydrogens (primary N) is 2. The van der Waals surface area contributed by atoms with Crippen molar-refractivity contribution < 1.29 is 18.8 Å². The number of rotatable bonds is 7. The minimum absolute atomic E-state index is 0.000224. The Kier molecular flexibility index (Phi) is 6.66. The Labute approximate surface area is 177 Å². The molecule has 3 rings (SSSR count). The highest BCUT2D eigenvalue weighted by Crippen LogP contribution is 2.29. The summed E-state index contributed by atoms with van der Waals surface area (Å²) in [4.78, 5) is 39.2. The number of benzene rings is 1. The molecule has 0 spiro atoms. The quantitative estimate of drug-likeness (QED) is 0.617. The van der Waals surface area contributed by atoms with Crippen LogP contribution in [0.25, 0.3) is 0 Å². The third-order valence-corrected chi connectivity index (χ3v) is 6.03. The zero-order chi connectivity index (χ0) is 21.8. The van der Waals surface area contributed by atoms with Gasteiger partial charge in [0.1, 0.15) is 16.7 Å². The molecule has 1 aromatic carbocycles. The lowest BCUT2D eigenvalue weighted by Crippen LogP contribution is -2.51. The molecule has 5 N–H and O–H groups in total. The number of nitrogens with zero attached hydrogens (tertiary/aromatic N) is 2. The fraction of sp³-hybridized carbons (Fsp3) is 0.400. The van der Waals surface area contributed by atoms with E-state index in [0.717, 1.165) is 37.2 Å². The summed E-state index contributed by atoms with van der Waals surface area (Å²) in [5.74, 6) is -2.21. The average Bonchev–Trinajstić information content (AvgIpc) is 3.35. The molecule has 1 fully saturated rings. The summed E-state index contributed by atoms with van der Waals surface area (Å²) in [5.41, 5.74) is 11.2. The number of aromatic nitrogens is 1. The maximum Gasteiger partial charge on any atom is 0.272 e. The van der Waals surface area contributed by atoms with Gasteiger partial charge in [0.25, 0.3) is 11.8 Å². The van der Waals surface area contributed by atoms with E-state index in [4.69, 9.17) is 11.5 Å². The van der Waals surface area contributed by atoms with Gasteiger partial charge in [0.2, 0.25) is 5.91 Å². The zero-order valence-electron chi connectivity index (χ0n) is 16.6. The van der Waals surface area contributed by atoms with Crippen molar-refractivity contribution in [1.82, 2.24) is 9.69 Å². The van der Waals surface area contributed by atoms with Gasteiger partial charge in [0.05, 0.1) is 5.69 Å². The van der Waals surface area contributed by atoms with Crippen molar-refractivity contribution in [3.05, 3.63) is 40.7 Å². The largest absolute Gasteiger partial charge is 0.395 e. The normalized spacial score (nSPS) is 15.0. The van der Waals surface area contributed by atoms with Crippen LogP contribution in [0.5, 0.6) is 0 Å². The first-order valence-corrected chi connectivity index (χ1v) is 10.5. The minimum atomic E-state index is -0.845. The highest BCUT2D eigenvalue weighted by Gasteiger charge is 2.34. The van der Waals surface area contributed by atoms with E-state index in [-0.39, 0.29) is 28.2 Å². The topological polar surface area (TPSA) is 131 Å². The SMILES string of the molecule is CC[C@@H](C(=O)NC1CCCC1)N(C(=O)c1snc(C(N)=O)c1N)c1ccc(F)cc1. The van der Waals surface area contributed by atoms with Crippen LogP contribution in [0.3, 0.4) is 0 Å².